The van der Waals surface area contributed by atoms with Gasteiger partial charge in [-0.2, -0.15) is 0 Å². The summed E-state index contributed by atoms with van der Waals surface area (Å²) in [5, 5.41) is 3.06. The van der Waals surface area contributed by atoms with E-state index in [1.54, 1.807) is 31.3 Å². The van der Waals surface area contributed by atoms with Crippen molar-refractivity contribution in [2.75, 3.05) is 19.9 Å². The van der Waals surface area contributed by atoms with Gasteiger partial charge >= 0.3 is 0 Å². The van der Waals surface area contributed by atoms with Crippen molar-refractivity contribution in [3.63, 3.8) is 0 Å². The van der Waals surface area contributed by atoms with E-state index >= 15 is 0 Å². The number of sulfone groups is 1. The van der Waals surface area contributed by atoms with E-state index in [0.29, 0.717) is 5.75 Å². The van der Waals surface area contributed by atoms with Gasteiger partial charge in [-0.25, -0.2) is 8.42 Å². The van der Waals surface area contributed by atoms with E-state index in [2.05, 4.69) is 5.32 Å². The molecule has 1 atom stereocenters. The van der Waals surface area contributed by atoms with Crippen molar-refractivity contribution in [1.29, 1.82) is 0 Å². The lowest BCUT2D eigenvalue weighted by molar-refractivity contribution is 0.402. The van der Waals surface area contributed by atoms with Gasteiger partial charge in [-0.05, 0) is 24.7 Å². The average Bonchev–Trinajstić information content (AvgIpc) is 2.53. The van der Waals surface area contributed by atoms with Crippen LogP contribution in [0.15, 0.2) is 59.5 Å². The van der Waals surface area contributed by atoms with Crippen molar-refractivity contribution in [1.82, 2.24) is 5.32 Å². The molecular weight excluding hydrogens is 286 g/mol. The molecule has 0 saturated carbocycles. The van der Waals surface area contributed by atoms with Crippen LogP contribution in [0, 0.1) is 0 Å². The zero-order chi connectivity index (χ0) is 15.3. The number of nitrogens with one attached hydrogen (secondary N) is 1. The molecule has 0 radical (unpaired) electrons. The standard InChI is InChI=1S/C16H19NO3S/c1-17-14(13-8-4-3-5-9-13)12-21(18,19)16-11-7-6-10-15(16)20-2/h3-11,14,17H,12H2,1-2H3. The van der Waals surface area contributed by atoms with E-state index in [1.165, 1.54) is 7.11 Å². The predicted octanol–water partition coefficient (Wildman–Crippen LogP) is 2.43. The summed E-state index contributed by atoms with van der Waals surface area (Å²) in [7, 11) is -0.217. The molecule has 0 spiro atoms. The second kappa shape index (κ2) is 6.74. The quantitative estimate of drug-likeness (QED) is 0.890. The zero-order valence-corrected chi connectivity index (χ0v) is 12.9. The summed E-state index contributed by atoms with van der Waals surface area (Å²) in [6, 6.07) is 16.0. The number of rotatable bonds is 6. The number of ether oxygens (including phenoxy) is 1. The molecule has 2 rings (SSSR count). The summed E-state index contributed by atoms with van der Waals surface area (Å²) in [4.78, 5) is 0.226. The Labute approximate surface area is 125 Å². The van der Waals surface area contributed by atoms with Gasteiger partial charge in [-0.1, -0.05) is 42.5 Å². The highest BCUT2D eigenvalue weighted by atomic mass is 32.2. The van der Waals surface area contributed by atoms with E-state index < -0.39 is 9.84 Å². The Morgan fingerprint density at radius 1 is 1.05 bits per heavy atom. The number of methoxy groups -OCH3 is 1. The van der Waals surface area contributed by atoms with Crippen LogP contribution in [-0.2, 0) is 9.84 Å². The van der Waals surface area contributed by atoms with Crippen LogP contribution in [-0.4, -0.2) is 28.3 Å². The molecular formula is C16H19NO3S. The smallest absolute Gasteiger partial charge is 0.183 e. The molecule has 5 heteroatoms. The van der Waals surface area contributed by atoms with Gasteiger partial charge in [0.15, 0.2) is 9.84 Å². The van der Waals surface area contributed by atoms with Crippen LogP contribution in [0.1, 0.15) is 11.6 Å². The van der Waals surface area contributed by atoms with E-state index in [1.807, 2.05) is 30.3 Å². The molecule has 0 heterocycles. The Morgan fingerprint density at radius 3 is 2.29 bits per heavy atom. The van der Waals surface area contributed by atoms with Crippen LogP contribution >= 0.6 is 0 Å². The molecule has 112 valence electrons. The monoisotopic (exact) mass is 305 g/mol. The second-order valence-electron chi connectivity index (χ2n) is 4.68. The summed E-state index contributed by atoms with van der Waals surface area (Å²) in [5.41, 5.74) is 0.943. The summed E-state index contributed by atoms with van der Waals surface area (Å²) in [5.74, 6) is 0.355. The number of para-hydroxylation sites is 1. The Balaban J connectivity index is 2.32. The molecule has 0 fully saturated rings. The average molecular weight is 305 g/mol. The molecule has 0 aliphatic rings. The van der Waals surface area contributed by atoms with Crippen molar-refractivity contribution >= 4 is 9.84 Å². The first-order chi connectivity index (χ1) is 10.1. The van der Waals surface area contributed by atoms with E-state index in [-0.39, 0.29) is 16.7 Å². The lowest BCUT2D eigenvalue weighted by atomic mass is 10.1. The minimum absolute atomic E-state index is 0.0200. The van der Waals surface area contributed by atoms with Crippen LogP contribution in [0.2, 0.25) is 0 Å². The largest absolute Gasteiger partial charge is 0.495 e. The van der Waals surface area contributed by atoms with Gasteiger partial charge < -0.3 is 10.1 Å². The molecule has 0 saturated heterocycles. The van der Waals surface area contributed by atoms with Crippen LogP contribution in [0.25, 0.3) is 0 Å². The fourth-order valence-electron chi connectivity index (χ4n) is 2.22. The van der Waals surface area contributed by atoms with Crippen molar-refractivity contribution < 1.29 is 13.2 Å². The first-order valence-electron chi connectivity index (χ1n) is 6.66. The van der Waals surface area contributed by atoms with Crippen LogP contribution in [0.4, 0.5) is 0 Å². The minimum atomic E-state index is -3.45. The Bertz CT molecular complexity index is 684. The summed E-state index contributed by atoms with van der Waals surface area (Å²) in [6.07, 6.45) is 0. The predicted molar refractivity (Wildman–Crippen MR) is 83.3 cm³/mol. The summed E-state index contributed by atoms with van der Waals surface area (Å²) in [6.45, 7) is 0. The van der Waals surface area contributed by atoms with E-state index in [9.17, 15) is 8.42 Å². The van der Waals surface area contributed by atoms with Gasteiger partial charge in [-0.3, -0.25) is 0 Å². The van der Waals surface area contributed by atoms with Gasteiger partial charge in [0, 0.05) is 6.04 Å². The lowest BCUT2D eigenvalue weighted by Crippen LogP contribution is -2.25. The zero-order valence-electron chi connectivity index (χ0n) is 12.1. The highest BCUT2D eigenvalue weighted by Gasteiger charge is 2.24. The number of hydrogen-bond donors (Lipinski definition) is 1. The Kier molecular flexibility index (Phi) is 4.98. The van der Waals surface area contributed by atoms with E-state index in [4.69, 9.17) is 4.74 Å². The third-order valence-electron chi connectivity index (χ3n) is 3.34. The molecule has 21 heavy (non-hydrogen) atoms. The maximum absolute atomic E-state index is 12.6. The van der Waals surface area contributed by atoms with Crippen molar-refractivity contribution in [3.05, 3.63) is 60.2 Å². The normalized spacial score (nSPS) is 12.9. The highest BCUT2D eigenvalue weighted by Crippen LogP contribution is 2.27. The van der Waals surface area contributed by atoms with Gasteiger partial charge in [0.05, 0.1) is 12.9 Å². The fraction of sp³-hybridized carbons (Fsp3) is 0.250. The summed E-state index contributed by atoms with van der Waals surface area (Å²) >= 11 is 0. The van der Waals surface area contributed by atoms with Gasteiger partial charge in [0.25, 0.3) is 0 Å². The van der Waals surface area contributed by atoms with E-state index in [0.717, 1.165) is 5.56 Å². The van der Waals surface area contributed by atoms with Crippen LogP contribution < -0.4 is 10.1 Å². The molecule has 0 aliphatic carbocycles. The Hall–Kier alpha value is -1.85. The molecule has 0 aromatic heterocycles. The molecule has 0 amide bonds. The highest BCUT2D eigenvalue weighted by molar-refractivity contribution is 7.91. The van der Waals surface area contributed by atoms with Crippen molar-refractivity contribution in [2.24, 2.45) is 0 Å². The maximum atomic E-state index is 12.6. The maximum Gasteiger partial charge on any atom is 0.183 e. The molecule has 2 aromatic carbocycles. The SMILES string of the molecule is CNC(CS(=O)(=O)c1ccccc1OC)c1ccccc1. The summed E-state index contributed by atoms with van der Waals surface area (Å²) < 4.78 is 30.4. The molecule has 1 unspecified atom stereocenters. The van der Waals surface area contributed by atoms with Crippen molar-refractivity contribution in [2.45, 2.75) is 10.9 Å². The minimum Gasteiger partial charge on any atom is -0.495 e. The van der Waals surface area contributed by atoms with Gasteiger partial charge in [-0.15, -0.1) is 0 Å². The van der Waals surface area contributed by atoms with Crippen molar-refractivity contribution in [3.8, 4) is 5.75 Å². The number of hydrogen-bond acceptors (Lipinski definition) is 4. The van der Waals surface area contributed by atoms with Crippen LogP contribution in [0.3, 0.4) is 0 Å². The molecule has 0 bridgehead atoms. The van der Waals surface area contributed by atoms with Gasteiger partial charge in [0.1, 0.15) is 10.6 Å². The van der Waals surface area contributed by atoms with Gasteiger partial charge in [0.2, 0.25) is 0 Å². The second-order valence-corrected chi connectivity index (χ2v) is 6.69. The fourth-order valence-corrected chi connectivity index (χ4v) is 3.94. The first-order valence-corrected chi connectivity index (χ1v) is 8.31. The van der Waals surface area contributed by atoms with Crippen LogP contribution in [0.5, 0.6) is 5.75 Å². The first kappa shape index (κ1) is 15.5. The lowest BCUT2D eigenvalue weighted by Gasteiger charge is -2.17. The molecule has 2 aromatic rings. The third-order valence-corrected chi connectivity index (χ3v) is 5.12. The molecule has 4 nitrogen and oxygen atoms in total. The Morgan fingerprint density at radius 2 is 1.67 bits per heavy atom. The third kappa shape index (κ3) is 3.62. The molecule has 0 aliphatic heterocycles. The topological polar surface area (TPSA) is 55.4 Å². The number of benzene rings is 2. The molecule has 1 N–H and O–H groups in total.